The fourth-order valence-electron chi connectivity index (χ4n) is 5.28. The Labute approximate surface area is 249 Å². The molecule has 0 aliphatic carbocycles. The number of carbonyl (C=O) groups excluding carboxylic acids is 5. The molecule has 9 nitrogen and oxygen atoms in total. The molecule has 2 aromatic carbocycles. The summed E-state index contributed by atoms with van der Waals surface area (Å²) in [7, 11) is 0. The molecular weight excluding hydrogens is 532 g/mol. The topological polar surface area (TPSA) is 107 Å². The molecule has 2 aromatic rings. The van der Waals surface area contributed by atoms with Crippen molar-refractivity contribution in [2.24, 2.45) is 5.92 Å². The maximum absolute atomic E-state index is 13.9. The first-order chi connectivity index (χ1) is 20.1. The molecule has 1 atom stereocenters. The van der Waals surface area contributed by atoms with E-state index in [-0.39, 0.29) is 67.9 Å². The molecule has 1 aliphatic heterocycles. The molecule has 3 rings (SSSR count). The normalized spacial score (nSPS) is 17.7. The molecule has 1 saturated heterocycles. The third-order valence-corrected chi connectivity index (χ3v) is 7.63. The van der Waals surface area contributed by atoms with Crippen molar-refractivity contribution >= 4 is 40.2 Å². The Morgan fingerprint density at radius 2 is 1.60 bits per heavy atom. The van der Waals surface area contributed by atoms with Gasteiger partial charge < -0.3 is 20.0 Å². The van der Waals surface area contributed by atoms with Crippen LogP contribution in [0.15, 0.2) is 42.5 Å². The Morgan fingerprint density at radius 1 is 0.905 bits per heavy atom. The summed E-state index contributed by atoms with van der Waals surface area (Å²) in [5.41, 5.74) is 0.914. The van der Waals surface area contributed by atoms with Gasteiger partial charge in [-0.25, -0.2) is 0 Å². The second kappa shape index (κ2) is 16.0. The lowest BCUT2D eigenvalue weighted by Gasteiger charge is -2.31. The highest BCUT2D eigenvalue weighted by Gasteiger charge is 2.29. The average molecular weight is 579 g/mol. The third-order valence-electron chi connectivity index (χ3n) is 7.63. The Balaban J connectivity index is 1.90. The van der Waals surface area contributed by atoms with Crippen LogP contribution in [0.2, 0.25) is 0 Å². The maximum atomic E-state index is 13.9. The van der Waals surface area contributed by atoms with Crippen LogP contribution in [0.4, 0.5) is 0 Å². The van der Waals surface area contributed by atoms with E-state index in [1.807, 2.05) is 63.2 Å². The predicted octanol–water partition coefficient (Wildman–Crippen LogP) is 3.93. The van der Waals surface area contributed by atoms with Crippen LogP contribution in [0.5, 0.6) is 0 Å². The summed E-state index contributed by atoms with van der Waals surface area (Å²) in [6, 6.07) is 13.0. The molecule has 228 valence electrons. The van der Waals surface area contributed by atoms with Crippen LogP contribution in [0.3, 0.4) is 0 Å². The van der Waals surface area contributed by atoms with Crippen molar-refractivity contribution in [3.8, 4) is 0 Å². The van der Waals surface area contributed by atoms with Crippen molar-refractivity contribution in [2.75, 3.05) is 32.7 Å². The first kappa shape index (κ1) is 32.8. The molecule has 0 saturated carbocycles. The molecule has 9 heteroatoms. The number of Topliss-reactive ketones (excluding diaryl/α,β-unsaturated/α-hetero) is 1. The molecule has 0 spiro atoms. The lowest BCUT2D eigenvalue weighted by atomic mass is 10.0. The minimum atomic E-state index is -0.812. The van der Waals surface area contributed by atoms with Crippen molar-refractivity contribution in [2.45, 2.75) is 78.8 Å². The number of ketones is 1. The van der Waals surface area contributed by atoms with Gasteiger partial charge >= 0.3 is 0 Å². The van der Waals surface area contributed by atoms with Crippen LogP contribution in [-0.2, 0) is 30.5 Å². The molecule has 1 N–H and O–H groups in total. The van der Waals surface area contributed by atoms with E-state index in [4.69, 9.17) is 0 Å². The number of fused-ring (bicyclic) bond motifs is 1. The number of nitrogens with zero attached hydrogens (tertiary/aromatic N) is 3. The van der Waals surface area contributed by atoms with Crippen LogP contribution >= 0.6 is 0 Å². The van der Waals surface area contributed by atoms with Gasteiger partial charge in [0.1, 0.15) is 18.4 Å². The number of rotatable bonds is 11. The Bertz CT molecular complexity index is 1250. The zero-order valence-corrected chi connectivity index (χ0v) is 25.6. The predicted molar refractivity (Wildman–Crippen MR) is 163 cm³/mol. The Kier molecular flexibility index (Phi) is 12.5. The molecule has 4 amide bonds. The van der Waals surface area contributed by atoms with E-state index in [0.717, 1.165) is 29.2 Å². The first-order valence-corrected chi connectivity index (χ1v) is 15.2. The maximum Gasteiger partial charge on any atom is 0.245 e. The van der Waals surface area contributed by atoms with E-state index >= 15 is 0 Å². The number of nitrogens with one attached hydrogen (secondary N) is 1. The van der Waals surface area contributed by atoms with Gasteiger partial charge in [0.25, 0.3) is 0 Å². The largest absolute Gasteiger partial charge is 0.345 e. The molecule has 0 aromatic heterocycles. The third kappa shape index (κ3) is 9.67. The Morgan fingerprint density at radius 3 is 2.33 bits per heavy atom. The highest BCUT2D eigenvalue weighted by Crippen LogP contribution is 2.21. The number of benzene rings is 2. The summed E-state index contributed by atoms with van der Waals surface area (Å²) >= 11 is 0. The lowest BCUT2D eigenvalue weighted by molar-refractivity contribution is -0.145. The summed E-state index contributed by atoms with van der Waals surface area (Å²) in [5.74, 6) is -0.813. The smallest absolute Gasteiger partial charge is 0.245 e. The average Bonchev–Trinajstić information content (AvgIpc) is 2.97. The van der Waals surface area contributed by atoms with E-state index in [2.05, 4.69) is 5.32 Å². The van der Waals surface area contributed by atoms with Crippen molar-refractivity contribution in [3.63, 3.8) is 0 Å². The molecule has 1 aliphatic rings. The van der Waals surface area contributed by atoms with Gasteiger partial charge in [-0.1, -0.05) is 69.7 Å². The second-order valence-corrected chi connectivity index (χ2v) is 11.6. The van der Waals surface area contributed by atoms with Crippen LogP contribution in [0.1, 0.15) is 71.8 Å². The zero-order valence-electron chi connectivity index (χ0n) is 25.6. The summed E-state index contributed by atoms with van der Waals surface area (Å²) in [6.07, 6.45) is 3.18. The van der Waals surface area contributed by atoms with Gasteiger partial charge in [0, 0.05) is 45.4 Å². The minimum Gasteiger partial charge on any atom is -0.345 e. The molecular formula is C33H46N4O5. The van der Waals surface area contributed by atoms with E-state index in [0.29, 0.717) is 32.4 Å². The lowest BCUT2D eigenvalue weighted by Crippen LogP contribution is -2.51. The number of carbonyl (C=O) groups is 5. The van der Waals surface area contributed by atoms with Gasteiger partial charge in [-0.15, -0.1) is 0 Å². The summed E-state index contributed by atoms with van der Waals surface area (Å²) in [6.45, 7) is 8.34. The van der Waals surface area contributed by atoms with Crippen molar-refractivity contribution in [1.29, 1.82) is 0 Å². The van der Waals surface area contributed by atoms with E-state index < -0.39 is 6.04 Å². The number of unbranched alkanes of at least 4 members (excludes halogenated alkanes) is 2. The summed E-state index contributed by atoms with van der Waals surface area (Å²) < 4.78 is 0. The van der Waals surface area contributed by atoms with Crippen molar-refractivity contribution in [3.05, 3.63) is 48.0 Å². The van der Waals surface area contributed by atoms with Gasteiger partial charge in [0.15, 0.2) is 0 Å². The van der Waals surface area contributed by atoms with Gasteiger partial charge in [0.05, 0.1) is 6.54 Å². The molecule has 1 fully saturated rings. The number of amides is 4. The number of hydrogen-bond acceptors (Lipinski definition) is 5. The van der Waals surface area contributed by atoms with E-state index in [1.165, 1.54) is 9.80 Å². The minimum absolute atomic E-state index is 0.0683. The standard InChI is InChI=1S/C33H46N4O5/c1-5-28(38)15-7-6-10-18-36-22-32(41)37(21-27-14-11-13-26-12-8-9-16-29(26)27)23-31(40)35(20-24(2)3)19-17-30(39)34-25(4)33(36)42/h8-9,11-14,16,24-25H,5-7,10,15,17-23H2,1-4H3,(H,34,39)/t25-/m0/s1. The van der Waals surface area contributed by atoms with Crippen LogP contribution in [0, 0.1) is 5.92 Å². The van der Waals surface area contributed by atoms with Gasteiger partial charge in [-0.05, 0) is 42.0 Å². The van der Waals surface area contributed by atoms with Gasteiger partial charge in [-0.2, -0.15) is 0 Å². The van der Waals surface area contributed by atoms with E-state index in [9.17, 15) is 24.0 Å². The molecule has 1 heterocycles. The first-order valence-electron chi connectivity index (χ1n) is 15.2. The van der Waals surface area contributed by atoms with Crippen molar-refractivity contribution in [1.82, 2.24) is 20.0 Å². The molecule has 0 unspecified atom stereocenters. The molecule has 42 heavy (non-hydrogen) atoms. The second-order valence-electron chi connectivity index (χ2n) is 11.6. The molecule has 0 bridgehead atoms. The van der Waals surface area contributed by atoms with E-state index in [1.54, 1.807) is 11.8 Å². The van der Waals surface area contributed by atoms with Gasteiger partial charge in [-0.3, -0.25) is 24.0 Å². The SMILES string of the molecule is CCC(=O)CCCCCN1CC(=O)N(Cc2cccc3ccccc23)CC(=O)N(CC(C)C)CCC(=O)N[C@@H](C)C1=O. The van der Waals surface area contributed by atoms with Crippen LogP contribution in [0.25, 0.3) is 10.8 Å². The highest BCUT2D eigenvalue weighted by molar-refractivity contribution is 5.93. The summed E-state index contributed by atoms with van der Waals surface area (Å²) in [4.78, 5) is 70.1. The monoisotopic (exact) mass is 578 g/mol. The fraction of sp³-hybridized carbons (Fsp3) is 0.545. The van der Waals surface area contributed by atoms with Gasteiger partial charge in [0.2, 0.25) is 23.6 Å². The Hall–Kier alpha value is -3.75. The quantitative estimate of drug-likeness (QED) is 0.407. The van der Waals surface area contributed by atoms with Crippen molar-refractivity contribution < 1.29 is 24.0 Å². The highest BCUT2D eigenvalue weighted by atomic mass is 16.2. The fourth-order valence-corrected chi connectivity index (χ4v) is 5.28. The summed E-state index contributed by atoms with van der Waals surface area (Å²) in [5, 5.41) is 4.80. The number of hydrogen-bond donors (Lipinski definition) is 1. The molecule has 0 radical (unpaired) electrons. The van der Waals surface area contributed by atoms with Crippen LogP contribution < -0.4 is 5.32 Å². The van der Waals surface area contributed by atoms with Crippen LogP contribution in [-0.4, -0.2) is 82.9 Å². The zero-order chi connectivity index (χ0) is 30.6.